The smallest absolute Gasteiger partial charge is 0.336 e. The maximum absolute atomic E-state index is 12.7. The summed E-state index contributed by atoms with van der Waals surface area (Å²) in [5.41, 5.74) is -0.207. The van der Waals surface area contributed by atoms with Crippen molar-refractivity contribution in [1.29, 1.82) is 0 Å². The Morgan fingerprint density at radius 2 is 2.10 bits per heavy atom. The summed E-state index contributed by atoms with van der Waals surface area (Å²) in [4.78, 5) is 27.2. The van der Waals surface area contributed by atoms with Gasteiger partial charge in [-0.2, -0.15) is 13.2 Å². The van der Waals surface area contributed by atoms with Crippen LogP contribution in [-0.2, 0) is 19.1 Å². The SMILES string of the molecule is O=c1[nH]cnc2c1CN(c1nccc(C(F)(F)F)n1)CC2. The largest absolute Gasteiger partial charge is 0.433 e. The van der Waals surface area contributed by atoms with Crippen LogP contribution in [0.15, 0.2) is 23.4 Å². The fourth-order valence-electron chi connectivity index (χ4n) is 2.18. The van der Waals surface area contributed by atoms with E-state index in [2.05, 4.69) is 19.9 Å². The minimum Gasteiger partial charge on any atom is -0.336 e. The minimum absolute atomic E-state index is 0.0428. The summed E-state index contributed by atoms with van der Waals surface area (Å²) < 4.78 is 38.0. The lowest BCUT2D eigenvalue weighted by atomic mass is 10.1. The van der Waals surface area contributed by atoms with E-state index in [1.807, 2.05) is 0 Å². The lowest BCUT2D eigenvalue weighted by Gasteiger charge is -2.27. The molecular formula is C12H10F3N5O. The molecule has 0 fully saturated rings. The normalized spacial score (nSPS) is 14.9. The highest BCUT2D eigenvalue weighted by Gasteiger charge is 2.33. The lowest BCUT2D eigenvalue weighted by Crippen LogP contribution is -2.36. The maximum atomic E-state index is 12.7. The van der Waals surface area contributed by atoms with Gasteiger partial charge in [0.15, 0.2) is 0 Å². The molecule has 3 heterocycles. The third-order valence-electron chi connectivity index (χ3n) is 3.22. The molecule has 0 amide bonds. The van der Waals surface area contributed by atoms with Gasteiger partial charge in [-0.15, -0.1) is 0 Å². The maximum Gasteiger partial charge on any atom is 0.433 e. The summed E-state index contributed by atoms with van der Waals surface area (Å²) in [7, 11) is 0. The molecule has 1 N–H and O–H groups in total. The van der Waals surface area contributed by atoms with Crippen LogP contribution >= 0.6 is 0 Å². The van der Waals surface area contributed by atoms with Gasteiger partial charge in [0.05, 0.1) is 24.1 Å². The summed E-state index contributed by atoms with van der Waals surface area (Å²) in [6.07, 6.45) is -1.69. The number of halogens is 3. The predicted molar refractivity (Wildman–Crippen MR) is 66.6 cm³/mol. The van der Waals surface area contributed by atoms with Crippen LogP contribution in [0, 0.1) is 0 Å². The Kier molecular flexibility index (Phi) is 3.11. The Bertz CT molecular complexity index is 727. The number of rotatable bonds is 1. The third-order valence-corrected chi connectivity index (χ3v) is 3.22. The topological polar surface area (TPSA) is 74.8 Å². The van der Waals surface area contributed by atoms with E-state index in [1.165, 1.54) is 11.2 Å². The zero-order valence-electron chi connectivity index (χ0n) is 10.7. The Balaban J connectivity index is 1.93. The molecule has 0 spiro atoms. The van der Waals surface area contributed by atoms with Gasteiger partial charge < -0.3 is 9.88 Å². The highest BCUT2D eigenvalue weighted by atomic mass is 19.4. The lowest BCUT2D eigenvalue weighted by molar-refractivity contribution is -0.141. The van der Waals surface area contributed by atoms with Crippen molar-refractivity contribution in [1.82, 2.24) is 19.9 Å². The van der Waals surface area contributed by atoms with E-state index in [0.29, 0.717) is 24.2 Å². The number of alkyl halides is 3. The number of H-pyrrole nitrogens is 1. The van der Waals surface area contributed by atoms with Crippen molar-refractivity contribution < 1.29 is 13.2 Å². The number of anilines is 1. The molecule has 0 aliphatic carbocycles. The molecule has 21 heavy (non-hydrogen) atoms. The van der Waals surface area contributed by atoms with E-state index in [4.69, 9.17) is 0 Å². The molecular weight excluding hydrogens is 287 g/mol. The molecule has 9 heteroatoms. The third kappa shape index (κ3) is 2.58. The van der Waals surface area contributed by atoms with Crippen molar-refractivity contribution in [2.24, 2.45) is 0 Å². The van der Waals surface area contributed by atoms with Crippen LogP contribution in [0.3, 0.4) is 0 Å². The van der Waals surface area contributed by atoms with Crippen LogP contribution in [0.4, 0.5) is 19.1 Å². The first kappa shape index (κ1) is 13.5. The van der Waals surface area contributed by atoms with Crippen molar-refractivity contribution in [2.75, 3.05) is 11.4 Å². The molecule has 0 bridgehead atoms. The highest BCUT2D eigenvalue weighted by molar-refractivity contribution is 5.37. The van der Waals surface area contributed by atoms with Crippen molar-refractivity contribution in [3.05, 3.63) is 45.9 Å². The van der Waals surface area contributed by atoms with Crippen LogP contribution in [-0.4, -0.2) is 26.5 Å². The van der Waals surface area contributed by atoms with Crippen LogP contribution in [0.25, 0.3) is 0 Å². The Morgan fingerprint density at radius 3 is 2.86 bits per heavy atom. The average Bonchev–Trinajstić information content (AvgIpc) is 2.47. The molecule has 0 radical (unpaired) electrons. The number of nitrogens with one attached hydrogen (secondary N) is 1. The second kappa shape index (κ2) is 4.83. The molecule has 0 aromatic carbocycles. The predicted octanol–water partition coefficient (Wildman–Crippen LogP) is 1.14. The van der Waals surface area contributed by atoms with Gasteiger partial charge in [0.2, 0.25) is 5.95 Å². The number of aromatic nitrogens is 4. The Morgan fingerprint density at radius 1 is 1.29 bits per heavy atom. The van der Waals surface area contributed by atoms with E-state index in [9.17, 15) is 18.0 Å². The summed E-state index contributed by atoms with van der Waals surface area (Å²) in [6, 6.07) is 0.815. The van der Waals surface area contributed by atoms with E-state index in [0.717, 1.165) is 12.3 Å². The second-order valence-corrected chi connectivity index (χ2v) is 4.57. The zero-order valence-corrected chi connectivity index (χ0v) is 10.7. The van der Waals surface area contributed by atoms with Crippen molar-refractivity contribution >= 4 is 5.95 Å². The quantitative estimate of drug-likeness (QED) is 0.854. The first-order valence-electron chi connectivity index (χ1n) is 6.16. The van der Waals surface area contributed by atoms with E-state index >= 15 is 0 Å². The molecule has 110 valence electrons. The standard InChI is InChI=1S/C12H10F3N5O/c13-12(14,15)9-1-3-16-11(19-9)20-4-2-8-7(5-20)10(21)18-6-17-8/h1,3,6H,2,4-5H2,(H,17,18,21). The molecule has 0 saturated carbocycles. The van der Waals surface area contributed by atoms with Gasteiger partial charge in [0.25, 0.3) is 5.56 Å². The molecule has 1 aliphatic rings. The van der Waals surface area contributed by atoms with Crippen molar-refractivity contribution in [3.8, 4) is 0 Å². The van der Waals surface area contributed by atoms with Crippen LogP contribution < -0.4 is 10.5 Å². The van der Waals surface area contributed by atoms with E-state index in [-0.39, 0.29) is 18.1 Å². The molecule has 0 saturated heterocycles. The first-order chi connectivity index (χ1) is 9.95. The Hall–Kier alpha value is -2.45. The number of hydrogen-bond donors (Lipinski definition) is 1. The minimum atomic E-state index is -4.52. The van der Waals surface area contributed by atoms with Crippen molar-refractivity contribution in [2.45, 2.75) is 19.1 Å². The van der Waals surface area contributed by atoms with Crippen molar-refractivity contribution in [3.63, 3.8) is 0 Å². The van der Waals surface area contributed by atoms with Gasteiger partial charge in [-0.25, -0.2) is 15.0 Å². The zero-order chi connectivity index (χ0) is 15.0. The summed E-state index contributed by atoms with van der Waals surface area (Å²) in [5, 5.41) is 0. The summed E-state index contributed by atoms with van der Waals surface area (Å²) in [6.45, 7) is 0.546. The first-order valence-corrected chi connectivity index (χ1v) is 6.16. The second-order valence-electron chi connectivity index (χ2n) is 4.57. The number of aromatic amines is 1. The fraction of sp³-hybridized carbons (Fsp3) is 0.333. The molecule has 2 aromatic heterocycles. The van der Waals surface area contributed by atoms with Gasteiger partial charge in [0, 0.05) is 19.2 Å². The van der Waals surface area contributed by atoms with Gasteiger partial charge >= 0.3 is 6.18 Å². The Labute approximate surface area is 116 Å². The molecule has 0 unspecified atom stereocenters. The van der Waals surface area contributed by atoms with E-state index < -0.39 is 11.9 Å². The number of nitrogens with zero attached hydrogens (tertiary/aromatic N) is 4. The molecule has 0 atom stereocenters. The summed E-state index contributed by atoms with van der Waals surface area (Å²) >= 11 is 0. The van der Waals surface area contributed by atoms with Crippen LogP contribution in [0.1, 0.15) is 17.0 Å². The average molecular weight is 297 g/mol. The van der Waals surface area contributed by atoms with Gasteiger partial charge in [-0.05, 0) is 6.07 Å². The number of hydrogen-bond acceptors (Lipinski definition) is 5. The molecule has 2 aromatic rings. The van der Waals surface area contributed by atoms with Crippen LogP contribution in [0.5, 0.6) is 0 Å². The van der Waals surface area contributed by atoms with Gasteiger partial charge in [0.1, 0.15) is 5.69 Å². The highest BCUT2D eigenvalue weighted by Crippen LogP contribution is 2.28. The summed E-state index contributed by atoms with van der Waals surface area (Å²) in [5.74, 6) is -0.0428. The van der Waals surface area contributed by atoms with Gasteiger partial charge in [-0.1, -0.05) is 0 Å². The monoisotopic (exact) mass is 297 g/mol. The van der Waals surface area contributed by atoms with Crippen LogP contribution in [0.2, 0.25) is 0 Å². The fourth-order valence-corrected chi connectivity index (χ4v) is 2.18. The van der Waals surface area contributed by atoms with E-state index in [1.54, 1.807) is 0 Å². The molecule has 1 aliphatic heterocycles. The molecule has 3 rings (SSSR count). The number of fused-ring (bicyclic) bond motifs is 1. The molecule has 6 nitrogen and oxygen atoms in total. The van der Waals surface area contributed by atoms with Gasteiger partial charge in [-0.3, -0.25) is 4.79 Å².